The molecule has 0 bridgehead atoms. The van der Waals surface area contributed by atoms with Crippen LogP contribution in [-0.4, -0.2) is 21.5 Å². The van der Waals surface area contributed by atoms with E-state index in [0.717, 1.165) is 16.7 Å². The molecule has 1 heterocycles. The summed E-state index contributed by atoms with van der Waals surface area (Å²) in [5, 5.41) is 7.56. The van der Waals surface area contributed by atoms with Gasteiger partial charge in [-0.25, -0.2) is 14.2 Å². The van der Waals surface area contributed by atoms with Crippen LogP contribution in [0.15, 0.2) is 66.7 Å². The number of benzene rings is 3. The summed E-state index contributed by atoms with van der Waals surface area (Å²) in [4.78, 5) is 0. The molecule has 0 atom stereocenters. The summed E-state index contributed by atoms with van der Waals surface area (Å²) < 4.78 is 27.0. The second-order valence-corrected chi connectivity index (χ2v) is 7.94. The summed E-state index contributed by atoms with van der Waals surface area (Å²) >= 11 is 11.9. The number of ether oxygens (including phenoxy) is 2. The lowest BCUT2D eigenvalue weighted by Crippen LogP contribution is -2.16. The van der Waals surface area contributed by atoms with Gasteiger partial charge >= 0.3 is 0 Å². The Morgan fingerprint density at radius 2 is 1.82 bits per heavy atom. The summed E-state index contributed by atoms with van der Waals surface area (Å²) in [6.07, 6.45) is 0. The number of aromatic amines is 1. The van der Waals surface area contributed by atoms with Crippen molar-refractivity contribution < 1.29 is 13.9 Å². The van der Waals surface area contributed by atoms with Crippen LogP contribution < -0.4 is 14.9 Å². The van der Waals surface area contributed by atoms with E-state index in [1.54, 1.807) is 16.8 Å². The van der Waals surface area contributed by atoms with E-state index in [2.05, 4.69) is 15.6 Å². The maximum absolute atomic E-state index is 13.1. The highest BCUT2D eigenvalue weighted by atomic mass is 35.5. The van der Waals surface area contributed by atoms with Crippen molar-refractivity contribution in [2.45, 2.75) is 20.1 Å². The molecule has 33 heavy (non-hydrogen) atoms. The predicted octanol–water partition coefficient (Wildman–Crippen LogP) is 6.12. The number of aromatic nitrogens is 3. The molecule has 4 rings (SSSR count). The molecule has 170 valence electrons. The monoisotopic (exact) mass is 484 g/mol. The first-order chi connectivity index (χ1) is 16.0. The average Bonchev–Trinajstić information content (AvgIpc) is 3.19. The number of nitrogens with one attached hydrogen (secondary N) is 2. The quantitative estimate of drug-likeness (QED) is 0.280. The SMILES string of the molecule is CCOc1cc(CNn2c(-c3ccccc3)n[nH]c2=S)cc(Cl)c1OCc1ccc(F)cc1. The van der Waals surface area contributed by atoms with Crippen molar-refractivity contribution in [3.8, 4) is 22.9 Å². The summed E-state index contributed by atoms with van der Waals surface area (Å²) in [7, 11) is 0. The van der Waals surface area contributed by atoms with Crippen LogP contribution in [0.25, 0.3) is 11.4 Å². The number of hydrogen-bond donors (Lipinski definition) is 2. The fraction of sp³-hybridized carbons (Fsp3) is 0.167. The maximum Gasteiger partial charge on any atom is 0.214 e. The van der Waals surface area contributed by atoms with Gasteiger partial charge < -0.3 is 14.9 Å². The zero-order valence-electron chi connectivity index (χ0n) is 17.8. The Balaban J connectivity index is 1.53. The first-order valence-corrected chi connectivity index (χ1v) is 11.1. The third kappa shape index (κ3) is 5.53. The van der Waals surface area contributed by atoms with Gasteiger partial charge in [0.1, 0.15) is 12.4 Å². The molecule has 0 unspecified atom stereocenters. The molecular formula is C24H22ClFN4O2S. The zero-order valence-corrected chi connectivity index (χ0v) is 19.4. The molecule has 0 aliphatic carbocycles. The molecule has 4 aromatic rings. The molecular weight excluding hydrogens is 463 g/mol. The van der Waals surface area contributed by atoms with Gasteiger partial charge in [-0.15, -0.1) is 0 Å². The van der Waals surface area contributed by atoms with E-state index >= 15 is 0 Å². The van der Waals surface area contributed by atoms with Gasteiger partial charge in [0.15, 0.2) is 17.3 Å². The Labute approximate surface area is 200 Å². The Bertz CT molecular complexity index is 1280. The van der Waals surface area contributed by atoms with Crippen molar-refractivity contribution in [2.24, 2.45) is 0 Å². The van der Waals surface area contributed by atoms with E-state index in [1.165, 1.54) is 12.1 Å². The van der Waals surface area contributed by atoms with Gasteiger partial charge in [0, 0.05) is 5.56 Å². The van der Waals surface area contributed by atoms with Gasteiger partial charge in [-0.05, 0) is 54.5 Å². The molecule has 0 amide bonds. The molecule has 0 saturated carbocycles. The first-order valence-electron chi connectivity index (χ1n) is 10.3. The fourth-order valence-corrected chi connectivity index (χ4v) is 3.74. The Hall–Kier alpha value is -3.36. The summed E-state index contributed by atoms with van der Waals surface area (Å²) in [6, 6.07) is 19.5. The van der Waals surface area contributed by atoms with E-state index in [-0.39, 0.29) is 12.4 Å². The smallest absolute Gasteiger partial charge is 0.214 e. The molecule has 0 spiro atoms. The molecule has 2 N–H and O–H groups in total. The van der Waals surface area contributed by atoms with Crippen molar-refractivity contribution in [2.75, 3.05) is 12.0 Å². The van der Waals surface area contributed by atoms with Crippen LogP contribution in [0.3, 0.4) is 0 Å². The zero-order chi connectivity index (χ0) is 23.2. The number of hydrogen-bond acceptors (Lipinski definition) is 5. The molecule has 0 aliphatic heterocycles. The van der Waals surface area contributed by atoms with Crippen LogP contribution >= 0.6 is 23.8 Å². The van der Waals surface area contributed by atoms with E-state index in [0.29, 0.717) is 40.3 Å². The van der Waals surface area contributed by atoms with Crippen molar-refractivity contribution in [3.63, 3.8) is 0 Å². The Morgan fingerprint density at radius 1 is 1.06 bits per heavy atom. The van der Waals surface area contributed by atoms with E-state index in [1.807, 2.05) is 49.4 Å². The normalized spacial score (nSPS) is 10.8. The minimum absolute atomic E-state index is 0.238. The van der Waals surface area contributed by atoms with Gasteiger partial charge in [0.05, 0.1) is 18.2 Å². The molecule has 0 saturated heterocycles. The fourth-order valence-electron chi connectivity index (χ4n) is 3.26. The van der Waals surface area contributed by atoms with Gasteiger partial charge in [-0.3, -0.25) is 0 Å². The van der Waals surface area contributed by atoms with E-state index in [4.69, 9.17) is 33.3 Å². The standard InChI is InChI=1S/C24H22ClFN4O2S/c1-2-31-21-13-17(12-20(25)22(21)32-15-16-8-10-19(26)11-9-16)14-27-30-23(28-29-24(30)33)18-6-4-3-5-7-18/h3-13,27H,2,14-15H2,1H3,(H,29,33). The lowest BCUT2D eigenvalue weighted by Gasteiger charge is -2.16. The molecule has 1 aromatic heterocycles. The number of halogens is 2. The number of nitrogens with zero attached hydrogens (tertiary/aromatic N) is 2. The summed E-state index contributed by atoms with van der Waals surface area (Å²) in [5.74, 6) is 1.35. The molecule has 3 aromatic carbocycles. The van der Waals surface area contributed by atoms with Crippen LogP contribution in [0.4, 0.5) is 4.39 Å². The third-order valence-corrected chi connectivity index (χ3v) is 5.37. The molecule has 6 nitrogen and oxygen atoms in total. The predicted molar refractivity (Wildman–Crippen MR) is 129 cm³/mol. The van der Waals surface area contributed by atoms with Gasteiger partial charge in [0.25, 0.3) is 0 Å². The molecule has 0 aliphatic rings. The first kappa shape index (κ1) is 22.8. The van der Waals surface area contributed by atoms with Crippen molar-refractivity contribution >= 4 is 23.8 Å². The maximum atomic E-state index is 13.1. The van der Waals surface area contributed by atoms with Crippen molar-refractivity contribution in [3.05, 3.63) is 93.5 Å². The molecule has 0 fully saturated rings. The van der Waals surface area contributed by atoms with Crippen molar-refractivity contribution in [1.29, 1.82) is 0 Å². The summed E-state index contributed by atoms with van der Waals surface area (Å²) in [5.41, 5.74) is 5.91. The highest BCUT2D eigenvalue weighted by Crippen LogP contribution is 2.37. The van der Waals surface area contributed by atoms with Gasteiger partial charge in [0.2, 0.25) is 4.77 Å². The molecule has 0 radical (unpaired) electrons. The van der Waals surface area contributed by atoms with Gasteiger partial charge in [-0.2, -0.15) is 5.10 Å². The minimum atomic E-state index is -0.295. The topological polar surface area (TPSA) is 64.1 Å². The largest absolute Gasteiger partial charge is 0.490 e. The van der Waals surface area contributed by atoms with Gasteiger partial charge in [-0.1, -0.05) is 54.1 Å². The lowest BCUT2D eigenvalue weighted by atomic mass is 10.2. The average molecular weight is 485 g/mol. The van der Waals surface area contributed by atoms with E-state index in [9.17, 15) is 4.39 Å². The Morgan fingerprint density at radius 3 is 2.55 bits per heavy atom. The lowest BCUT2D eigenvalue weighted by molar-refractivity contribution is 0.269. The second-order valence-electron chi connectivity index (χ2n) is 7.14. The minimum Gasteiger partial charge on any atom is -0.490 e. The number of H-pyrrole nitrogens is 1. The highest BCUT2D eigenvalue weighted by molar-refractivity contribution is 7.71. The van der Waals surface area contributed by atoms with Crippen LogP contribution in [0.2, 0.25) is 5.02 Å². The van der Waals surface area contributed by atoms with Crippen molar-refractivity contribution in [1.82, 2.24) is 14.9 Å². The molecule has 9 heteroatoms. The highest BCUT2D eigenvalue weighted by Gasteiger charge is 2.14. The summed E-state index contributed by atoms with van der Waals surface area (Å²) in [6.45, 7) is 3.00. The number of rotatable bonds is 9. The van der Waals surface area contributed by atoms with E-state index < -0.39 is 0 Å². The Kier molecular flexibility index (Phi) is 7.26. The van der Waals surface area contributed by atoms with Crippen LogP contribution in [-0.2, 0) is 13.2 Å². The third-order valence-electron chi connectivity index (χ3n) is 4.81. The van der Waals surface area contributed by atoms with Crippen LogP contribution in [0.1, 0.15) is 18.1 Å². The second kappa shape index (κ2) is 10.5. The van der Waals surface area contributed by atoms with Crippen LogP contribution in [0.5, 0.6) is 11.5 Å². The van der Waals surface area contributed by atoms with Crippen LogP contribution in [0, 0.1) is 10.6 Å².